The molecule has 4 rings (SSSR count). The number of ether oxygens (including phenoxy) is 2. The van der Waals surface area contributed by atoms with Crippen molar-refractivity contribution in [1.82, 2.24) is 5.32 Å². The minimum atomic E-state index is -0.510. The second-order valence-corrected chi connectivity index (χ2v) is 7.27. The number of hydrogen-bond acceptors (Lipinski definition) is 5. The molecule has 3 aliphatic rings. The zero-order chi connectivity index (χ0) is 18.1. The van der Waals surface area contributed by atoms with E-state index in [0.717, 1.165) is 25.7 Å². The number of rotatable bonds is 3. The summed E-state index contributed by atoms with van der Waals surface area (Å²) < 4.78 is 26.1. The van der Waals surface area contributed by atoms with Gasteiger partial charge in [-0.05, 0) is 42.9 Å². The van der Waals surface area contributed by atoms with Crippen LogP contribution < -0.4 is 10.6 Å². The summed E-state index contributed by atoms with van der Waals surface area (Å²) in [6.45, 7) is 1.28. The number of imide groups is 1. The average Bonchev–Trinajstić information content (AvgIpc) is 3.07. The summed E-state index contributed by atoms with van der Waals surface area (Å²) in [6.07, 6.45) is 3.94. The fraction of sp³-hybridized carbons (Fsp3) is 0.579. The van der Waals surface area contributed by atoms with E-state index in [-0.39, 0.29) is 30.0 Å². The first-order chi connectivity index (χ1) is 12.5. The van der Waals surface area contributed by atoms with Gasteiger partial charge in [-0.15, -0.1) is 0 Å². The van der Waals surface area contributed by atoms with Gasteiger partial charge >= 0.3 is 0 Å². The van der Waals surface area contributed by atoms with E-state index in [4.69, 9.17) is 9.47 Å². The quantitative estimate of drug-likeness (QED) is 0.808. The summed E-state index contributed by atoms with van der Waals surface area (Å²) in [5.41, 5.74) is 1.25. The van der Waals surface area contributed by atoms with Gasteiger partial charge in [0.15, 0.2) is 5.79 Å². The molecule has 1 atom stereocenters. The standard InChI is InChI=1S/C19H23FN2O4/c20-15-11-13(21-16-3-4-17(23)22-18(16)24)1-2-14(15)12-5-7-19(8-6-12)25-9-10-26-19/h1-2,11-12,16,21H,3-10H2,(H,22,23,24). The second kappa shape index (κ2) is 6.96. The number of carbonyl (C=O) groups excluding carboxylic acids is 2. The third-order valence-corrected chi connectivity index (χ3v) is 5.58. The Hall–Kier alpha value is -1.99. The predicted molar refractivity (Wildman–Crippen MR) is 92.0 cm³/mol. The Kier molecular flexibility index (Phi) is 4.67. The van der Waals surface area contributed by atoms with Gasteiger partial charge in [0.05, 0.1) is 13.2 Å². The maximum absolute atomic E-state index is 14.7. The number of amides is 2. The lowest BCUT2D eigenvalue weighted by Crippen LogP contribution is -2.47. The van der Waals surface area contributed by atoms with E-state index in [0.29, 0.717) is 30.9 Å². The van der Waals surface area contributed by atoms with Crippen LogP contribution in [0.25, 0.3) is 0 Å². The predicted octanol–water partition coefficient (Wildman–Crippen LogP) is 2.44. The van der Waals surface area contributed by atoms with E-state index in [2.05, 4.69) is 10.6 Å². The summed E-state index contributed by atoms with van der Waals surface area (Å²) in [4.78, 5) is 23.0. The van der Waals surface area contributed by atoms with Crippen molar-refractivity contribution < 1.29 is 23.5 Å². The molecule has 1 aromatic carbocycles. The molecule has 6 nitrogen and oxygen atoms in total. The number of nitrogens with one attached hydrogen (secondary N) is 2. The Morgan fingerprint density at radius 1 is 1.12 bits per heavy atom. The molecular formula is C19H23FN2O4. The molecule has 26 heavy (non-hydrogen) atoms. The van der Waals surface area contributed by atoms with E-state index in [1.54, 1.807) is 12.1 Å². The maximum Gasteiger partial charge on any atom is 0.249 e. The molecule has 2 heterocycles. The highest BCUT2D eigenvalue weighted by Gasteiger charge is 2.41. The summed E-state index contributed by atoms with van der Waals surface area (Å²) in [5.74, 6) is -1.19. The van der Waals surface area contributed by atoms with Crippen molar-refractivity contribution in [3.63, 3.8) is 0 Å². The molecule has 1 aliphatic carbocycles. The molecule has 1 unspecified atom stereocenters. The largest absolute Gasteiger partial charge is 0.374 e. The Morgan fingerprint density at radius 3 is 2.50 bits per heavy atom. The van der Waals surface area contributed by atoms with Crippen LogP contribution in [0.1, 0.15) is 50.0 Å². The topological polar surface area (TPSA) is 76.7 Å². The molecule has 2 saturated heterocycles. The van der Waals surface area contributed by atoms with Crippen LogP contribution in [0, 0.1) is 5.82 Å². The van der Waals surface area contributed by atoms with Crippen LogP contribution in [0.15, 0.2) is 18.2 Å². The monoisotopic (exact) mass is 362 g/mol. The molecule has 7 heteroatoms. The highest BCUT2D eigenvalue weighted by Crippen LogP contribution is 2.43. The van der Waals surface area contributed by atoms with Crippen molar-refractivity contribution in [2.24, 2.45) is 0 Å². The lowest BCUT2D eigenvalue weighted by atomic mass is 9.80. The van der Waals surface area contributed by atoms with Crippen molar-refractivity contribution in [3.05, 3.63) is 29.6 Å². The van der Waals surface area contributed by atoms with Gasteiger partial charge in [-0.1, -0.05) is 6.07 Å². The van der Waals surface area contributed by atoms with E-state index < -0.39 is 11.8 Å². The Morgan fingerprint density at radius 2 is 1.85 bits per heavy atom. The van der Waals surface area contributed by atoms with Crippen molar-refractivity contribution >= 4 is 17.5 Å². The number of benzene rings is 1. The molecule has 1 spiro atoms. The van der Waals surface area contributed by atoms with Gasteiger partial charge in [-0.3, -0.25) is 14.9 Å². The molecule has 0 aromatic heterocycles. The highest BCUT2D eigenvalue weighted by atomic mass is 19.1. The van der Waals surface area contributed by atoms with Crippen molar-refractivity contribution in [2.75, 3.05) is 18.5 Å². The van der Waals surface area contributed by atoms with Crippen LogP contribution in [-0.4, -0.2) is 36.9 Å². The summed E-state index contributed by atoms with van der Waals surface area (Å²) in [7, 11) is 0. The maximum atomic E-state index is 14.7. The van der Waals surface area contributed by atoms with Gasteiger partial charge in [0, 0.05) is 24.9 Å². The highest BCUT2D eigenvalue weighted by molar-refractivity contribution is 6.01. The third kappa shape index (κ3) is 3.46. The third-order valence-electron chi connectivity index (χ3n) is 5.58. The van der Waals surface area contributed by atoms with Crippen LogP contribution in [0.5, 0.6) is 0 Å². The minimum Gasteiger partial charge on any atom is -0.374 e. The number of hydrogen-bond donors (Lipinski definition) is 2. The van der Waals surface area contributed by atoms with E-state index >= 15 is 0 Å². The zero-order valence-electron chi connectivity index (χ0n) is 14.6. The van der Waals surface area contributed by atoms with Crippen LogP contribution in [0.4, 0.5) is 10.1 Å². The minimum absolute atomic E-state index is 0.151. The van der Waals surface area contributed by atoms with Gasteiger partial charge in [-0.2, -0.15) is 0 Å². The molecule has 0 bridgehead atoms. The smallest absolute Gasteiger partial charge is 0.249 e. The van der Waals surface area contributed by atoms with Crippen LogP contribution in [-0.2, 0) is 19.1 Å². The fourth-order valence-corrected chi connectivity index (χ4v) is 4.13. The van der Waals surface area contributed by atoms with Gasteiger partial charge in [0.25, 0.3) is 0 Å². The van der Waals surface area contributed by atoms with Crippen molar-refractivity contribution in [3.8, 4) is 0 Å². The summed E-state index contributed by atoms with van der Waals surface area (Å²) in [6, 6.07) is 4.52. The van der Waals surface area contributed by atoms with Gasteiger partial charge in [0.1, 0.15) is 11.9 Å². The number of anilines is 1. The lowest BCUT2D eigenvalue weighted by molar-refractivity contribution is -0.178. The summed E-state index contributed by atoms with van der Waals surface area (Å²) >= 11 is 0. The van der Waals surface area contributed by atoms with Crippen molar-refractivity contribution in [2.45, 2.75) is 56.3 Å². The second-order valence-electron chi connectivity index (χ2n) is 7.27. The molecule has 2 aliphatic heterocycles. The zero-order valence-corrected chi connectivity index (χ0v) is 14.6. The molecule has 1 aromatic rings. The molecule has 1 saturated carbocycles. The van der Waals surface area contributed by atoms with Crippen LogP contribution in [0.3, 0.4) is 0 Å². The first kappa shape index (κ1) is 17.4. The van der Waals surface area contributed by atoms with Crippen LogP contribution in [0.2, 0.25) is 0 Å². The summed E-state index contributed by atoms with van der Waals surface area (Å²) in [5, 5.41) is 5.31. The van der Waals surface area contributed by atoms with Crippen molar-refractivity contribution in [1.29, 1.82) is 0 Å². The number of carbonyl (C=O) groups is 2. The van der Waals surface area contributed by atoms with E-state index in [9.17, 15) is 14.0 Å². The normalized spacial score (nSPS) is 26.1. The Bertz CT molecular complexity index is 707. The number of halogens is 1. The SMILES string of the molecule is O=C1CCC(Nc2ccc(C3CCC4(CC3)OCCO4)c(F)c2)C(=O)N1. The number of piperidine rings is 1. The first-order valence-corrected chi connectivity index (χ1v) is 9.22. The molecule has 3 fully saturated rings. The molecular weight excluding hydrogens is 339 g/mol. The first-order valence-electron chi connectivity index (χ1n) is 9.22. The molecule has 140 valence electrons. The van der Waals surface area contributed by atoms with Gasteiger partial charge in [0.2, 0.25) is 11.8 Å². The van der Waals surface area contributed by atoms with Gasteiger partial charge < -0.3 is 14.8 Å². The lowest BCUT2D eigenvalue weighted by Gasteiger charge is -2.35. The molecule has 2 N–H and O–H groups in total. The molecule has 0 radical (unpaired) electrons. The Balaban J connectivity index is 1.40. The van der Waals surface area contributed by atoms with E-state index in [1.165, 1.54) is 6.07 Å². The van der Waals surface area contributed by atoms with Gasteiger partial charge in [-0.25, -0.2) is 4.39 Å². The fourth-order valence-electron chi connectivity index (χ4n) is 4.13. The average molecular weight is 362 g/mol. The van der Waals surface area contributed by atoms with E-state index in [1.807, 2.05) is 0 Å². The van der Waals surface area contributed by atoms with Crippen LogP contribution >= 0.6 is 0 Å². The molecule has 2 amide bonds. The Labute approximate surface area is 151 Å².